The first kappa shape index (κ1) is 19.7. The molecule has 31 heavy (non-hydrogen) atoms. The SMILES string of the molecule is CCC1(NC(=O)C2CN(Cc3ccc(-n4cccn4)cc3)c3ccccc3O2)CCC1. The molecule has 0 spiro atoms. The minimum absolute atomic E-state index is 0.00455. The fourth-order valence-corrected chi connectivity index (χ4v) is 4.50. The Morgan fingerprint density at radius 1 is 1.16 bits per heavy atom. The average Bonchev–Trinajstić information content (AvgIpc) is 3.31. The van der Waals surface area contributed by atoms with Gasteiger partial charge in [-0.3, -0.25) is 4.79 Å². The van der Waals surface area contributed by atoms with Crippen LogP contribution >= 0.6 is 0 Å². The van der Waals surface area contributed by atoms with Crippen molar-refractivity contribution >= 4 is 11.6 Å². The summed E-state index contributed by atoms with van der Waals surface area (Å²) >= 11 is 0. The molecule has 0 saturated heterocycles. The van der Waals surface area contributed by atoms with Gasteiger partial charge in [-0.2, -0.15) is 5.10 Å². The highest BCUT2D eigenvalue weighted by atomic mass is 16.5. The lowest BCUT2D eigenvalue weighted by Gasteiger charge is -2.44. The van der Waals surface area contributed by atoms with Crippen molar-refractivity contribution in [3.05, 3.63) is 72.6 Å². The number of carbonyl (C=O) groups excluding carboxylic acids is 1. The lowest BCUT2D eigenvalue weighted by molar-refractivity contribution is -0.131. The summed E-state index contributed by atoms with van der Waals surface area (Å²) in [6.07, 6.45) is 7.47. The second kappa shape index (κ2) is 8.10. The van der Waals surface area contributed by atoms with Crippen LogP contribution in [0.3, 0.4) is 0 Å². The molecular weight excluding hydrogens is 388 g/mol. The Morgan fingerprint density at radius 3 is 2.65 bits per heavy atom. The van der Waals surface area contributed by atoms with E-state index in [2.05, 4.69) is 52.6 Å². The zero-order valence-corrected chi connectivity index (χ0v) is 17.8. The fourth-order valence-electron chi connectivity index (χ4n) is 4.50. The van der Waals surface area contributed by atoms with E-state index >= 15 is 0 Å². The lowest BCUT2D eigenvalue weighted by atomic mass is 9.74. The molecule has 1 aromatic heterocycles. The number of nitrogens with one attached hydrogen (secondary N) is 1. The molecule has 2 aliphatic rings. The average molecular weight is 417 g/mol. The number of ether oxygens (including phenoxy) is 1. The van der Waals surface area contributed by atoms with Gasteiger partial charge < -0.3 is 15.0 Å². The molecule has 2 heterocycles. The van der Waals surface area contributed by atoms with Crippen molar-refractivity contribution in [2.45, 2.75) is 50.8 Å². The van der Waals surface area contributed by atoms with Gasteiger partial charge >= 0.3 is 0 Å². The van der Waals surface area contributed by atoms with Crippen LogP contribution < -0.4 is 15.0 Å². The van der Waals surface area contributed by atoms with E-state index < -0.39 is 6.10 Å². The van der Waals surface area contributed by atoms with Crippen LogP contribution in [0.2, 0.25) is 0 Å². The van der Waals surface area contributed by atoms with Crippen LogP contribution in [0.5, 0.6) is 5.75 Å². The van der Waals surface area contributed by atoms with Crippen LogP contribution in [-0.2, 0) is 11.3 Å². The third-order valence-corrected chi connectivity index (χ3v) is 6.61. The van der Waals surface area contributed by atoms with Gasteiger partial charge in [0.05, 0.1) is 17.9 Å². The topological polar surface area (TPSA) is 59.4 Å². The van der Waals surface area contributed by atoms with Crippen molar-refractivity contribution in [3.63, 3.8) is 0 Å². The van der Waals surface area contributed by atoms with Crippen LogP contribution in [0.1, 0.15) is 38.2 Å². The molecule has 1 atom stereocenters. The maximum Gasteiger partial charge on any atom is 0.263 e. The molecule has 1 aliphatic heterocycles. The third kappa shape index (κ3) is 3.90. The summed E-state index contributed by atoms with van der Waals surface area (Å²) in [6, 6.07) is 18.3. The van der Waals surface area contributed by atoms with E-state index in [1.54, 1.807) is 6.20 Å². The van der Waals surface area contributed by atoms with Gasteiger partial charge in [-0.05, 0) is 61.6 Å². The summed E-state index contributed by atoms with van der Waals surface area (Å²) in [5.74, 6) is 0.760. The fraction of sp³-hybridized carbons (Fsp3) is 0.360. The third-order valence-electron chi connectivity index (χ3n) is 6.61. The molecule has 6 nitrogen and oxygen atoms in total. The predicted octanol–water partition coefficient (Wildman–Crippen LogP) is 4.09. The van der Waals surface area contributed by atoms with Gasteiger partial charge in [0.2, 0.25) is 0 Å². The van der Waals surface area contributed by atoms with Crippen LogP contribution in [0.25, 0.3) is 5.69 Å². The lowest BCUT2D eigenvalue weighted by Crippen LogP contribution is -2.58. The van der Waals surface area contributed by atoms with Gasteiger partial charge in [0.1, 0.15) is 5.75 Å². The van der Waals surface area contributed by atoms with E-state index in [1.165, 1.54) is 12.0 Å². The first-order chi connectivity index (χ1) is 15.2. The molecule has 5 rings (SSSR count). The second-order valence-corrected chi connectivity index (χ2v) is 8.55. The Kier molecular flexibility index (Phi) is 5.14. The van der Waals surface area contributed by atoms with E-state index in [0.717, 1.165) is 36.4 Å². The number of nitrogens with zero attached hydrogens (tertiary/aromatic N) is 3. The summed E-state index contributed by atoms with van der Waals surface area (Å²) in [6.45, 7) is 3.39. The summed E-state index contributed by atoms with van der Waals surface area (Å²) in [5, 5.41) is 7.57. The van der Waals surface area contributed by atoms with Crippen molar-refractivity contribution in [2.75, 3.05) is 11.4 Å². The van der Waals surface area contributed by atoms with Gasteiger partial charge in [0.15, 0.2) is 6.10 Å². The Hall–Kier alpha value is -3.28. The summed E-state index contributed by atoms with van der Waals surface area (Å²) in [7, 11) is 0. The standard InChI is InChI=1S/C25H28N4O2/c1-2-25(13-5-14-25)27-24(30)23-18-28(21-7-3-4-8-22(21)31-23)17-19-9-11-20(12-10-19)29-16-6-15-26-29/h3-4,6-12,15-16,23H,2,5,13-14,17-18H2,1H3,(H,27,30). The molecule has 1 N–H and O–H groups in total. The van der Waals surface area contributed by atoms with Crippen molar-refractivity contribution in [1.29, 1.82) is 0 Å². The van der Waals surface area contributed by atoms with E-state index in [4.69, 9.17) is 4.74 Å². The van der Waals surface area contributed by atoms with Gasteiger partial charge in [0, 0.05) is 24.5 Å². The van der Waals surface area contributed by atoms with Crippen molar-refractivity contribution in [1.82, 2.24) is 15.1 Å². The molecule has 0 bridgehead atoms. The molecule has 2 aromatic carbocycles. The molecule has 6 heteroatoms. The molecule has 160 valence electrons. The Morgan fingerprint density at radius 2 is 1.97 bits per heavy atom. The number of para-hydroxylation sites is 2. The number of carbonyl (C=O) groups is 1. The van der Waals surface area contributed by atoms with Gasteiger partial charge in [-0.15, -0.1) is 0 Å². The van der Waals surface area contributed by atoms with Crippen LogP contribution in [0, 0.1) is 0 Å². The normalized spacial score (nSPS) is 19.1. The first-order valence-corrected chi connectivity index (χ1v) is 11.1. The smallest absolute Gasteiger partial charge is 0.263 e. The number of rotatable bonds is 6. The largest absolute Gasteiger partial charge is 0.477 e. The second-order valence-electron chi connectivity index (χ2n) is 8.55. The van der Waals surface area contributed by atoms with Crippen molar-refractivity contribution in [3.8, 4) is 11.4 Å². The molecule has 1 amide bonds. The zero-order valence-electron chi connectivity index (χ0n) is 17.8. The Bertz CT molecular complexity index is 1040. The minimum Gasteiger partial charge on any atom is -0.477 e. The number of aromatic nitrogens is 2. The Labute approximate surface area is 182 Å². The van der Waals surface area contributed by atoms with Crippen molar-refractivity contribution < 1.29 is 9.53 Å². The van der Waals surface area contributed by atoms with E-state index in [1.807, 2.05) is 35.1 Å². The summed E-state index contributed by atoms with van der Waals surface area (Å²) in [4.78, 5) is 15.3. The van der Waals surface area contributed by atoms with E-state index in [-0.39, 0.29) is 11.4 Å². The van der Waals surface area contributed by atoms with Gasteiger partial charge in [0.25, 0.3) is 5.91 Å². The number of benzene rings is 2. The van der Waals surface area contributed by atoms with E-state index in [9.17, 15) is 4.79 Å². The Balaban J connectivity index is 1.34. The van der Waals surface area contributed by atoms with E-state index in [0.29, 0.717) is 13.1 Å². The molecule has 1 aliphatic carbocycles. The predicted molar refractivity (Wildman–Crippen MR) is 120 cm³/mol. The molecule has 1 unspecified atom stereocenters. The van der Waals surface area contributed by atoms with Crippen LogP contribution in [0.4, 0.5) is 5.69 Å². The summed E-state index contributed by atoms with van der Waals surface area (Å²) in [5.41, 5.74) is 3.19. The van der Waals surface area contributed by atoms with Crippen LogP contribution in [0.15, 0.2) is 67.0 Å². The maximum atomic E-state index is 13.1. The van der Waals surface area contributed by atoms with Crippen LogP contribution in [-0.4, -0.2) is 33.9 Å². The first-order valence-electron chi connectivity index (χ1n) is 11.1. The molecule has 0 radical (unpaired) electrons. The minimum atomic E-state index is -0.512. The number of anilines is 1. The molecule has 3 aromatic rings. The molecule has 1 saturated carbocycles. The monoisotopic (exact) mass is 416 g/mol. The van der Waals surface area contributed by atoms with Crippen molar-refractivity contribution in [2.24, 2.45) is 0 Å². The van der Waals surface area contributed by atoms with Gasteiger partial charge in [-0.1, -0.05) is 31.2 Å². The molecule has 1 fully saturated rings. The highest BCUT2D eigenvalue weighted by molar-refractivity contribution is 5.84. The maximum absolute atomic E-state index is 13.1. The number of fused-ring (bicyclic) bond motifs is 1. The molecular formula is C25H28N4O2. The number of hydrogen-bond acceptors (Lipinski definition) is 4. The highest BCUT2D eigenvalue weighted by Gasteiger charge is 2.40. The quantitative estimate of drug-likeness (QED) is 0.658. The number of hydrogen-bond donors (Lipinski definition) is 1. The zero-order chi connectivity index (χ0) is 21.3. The highest BCUT2D eigenvalue weighted by Crippen LogP contribution is 2.37. The summed E-state index contributed by atoms with van der Waals surface area (Å²) < 4.78 is 7.97. The van der Waals surface area contributed by atoms with Gasteiger partial charge in [-0.25, -0.2) is 4.68 Å². The number of amides is 1.